The number of nitrogens with one attached hydrogen (secondary N) is 1. The van der Waals surface area contributed by atoms with Crippen LogP contribution in [0.2, 0.25) is 0 Å². The minimum atomic E-state index is -0.0482. The molecule has 6 heteroatoms. The van der Waals surface area contributed by atoms with Gasteiger partial charge in [-0.1, -0.05) is 30.3 Å². The van der Waals surface area contributed by atoms with Gasteiger partial charge in [-0.25, -0.2) is 0 Å². The topological polar surface area (TPSA) is 63.3 Å². The third kappa shape index (κ3) is 4.65. The molecule has 3 aromatic rings. The zero-order chi connectivity index (χ0) is 20.9. The lowest BCUT2D eigenvalue weighted by Gasteiger charge is -2.25. The van der Waals surface area contributed by atoms with Gasteiger partial charge in [-0.2, -0.15) is 5.10 Å². The Kier molecular flexibility index (Phi) is 6.33. The highest BCUT2D eigenvalue weighted by molar-refractivity contribution is 5.94. The lowest BCUT2D eigenvalue weighted by Crippen LogP contribution is -2.36. The number of hydrogen-bond acceptors (Lipinski definition) is 4. The molecule has 1 aliphatic carbocycles. The normalized spacial score (nSPS) is 15.7. The van der Waals surface area contributed by atoms with Crippen molar-refractivity contribution in [3.8, 4) is 0 Å². The molecule has 0 aliphatic heterocycles. The predicted octanol–water partition coefficient (Wildman–Crippen LogP) is 3.37. The van der Waals surface area contributed by atoms with E-state index < -0.39 is 0 Å². The Labute approximate surface area is 177 Å². The molecule has 0 fully saturated rings. The number of amides is 1. The SMILES string of the molecule is CN(Cc1ccco1)C(=O)c1nn(C)c2c1C[C@@H](NCCCc1ccccc1)CC2. The van der Waals surface area contributed by atoms with Gasteiger partial charge >= 0.3 is 0 Å². The van der Waals surface area contributed by atoms with Crippen LogP contribution in [0.15, 0.2) is 53.1 Å². The van der Waals surface area contributed by atoms with Gasteiger partial charge in [0.05, 0.1) is 12.8 Å². The van der Waals surface area contributed by atoms with Crippen LogP contribution in [-0.2, 0) is 32.9 Å². The highest BCUT2D eigenvalue weighted by Gasteiger charge is 2.29. The van der Waals surface area contributed by atoms with E-state index in [4.69, 9.17) is 4.42 Å². The summed E-state index contributed by atoms with van der Waals surface area (Å²) in [7, 11) is 3.74. The number of fused-ring (bicyclic) bond motifs is 1. The van der Waals surface area contributed by atoms with E-state index in [0.717, 1.165) is 50.0 Å². The molecule has 4 rings (SSSR count). The van der Waals surface area contributed by atoms with Crippen molar-refractivity contribution in [3.63, 3.8) is 0 Å². The summed E-state index contributed by atoms with van der Waals surface area (Å²) in [5.74, 6) is 0.724. The van der Waals surface area contributed by atoms with Crippen LogP contribution in [0.5, 0.6) is 0 Å². The maximum absolute atomic E-state index is 13.1. The van der Waals surface area contributed by atoms with Crippen molar-refractivity contribution in [2.75, 3.05) is 13.6 Å². The van der Waals surface area contributed by atoms with Crippen LogP contribution in [0.1, 0.15) is 45.9 Å². The fraction of sp³-hybridized carbons (Fsp3) is 0.417. The van der Waals surface area contributed by atoms with E-state index >= 15 is 0 Å². The smallest absolute Gasteiger partial charge is 0.274 e. The molecule has 30 heavy (non-hydrogen) atoms. The summed E-state index contributed by atoms with van der Waals surface area (Å²) in [5, 5.41) is 8.28. The van der Waals surface area contributed by atoms with Crippen LogP contribution < -0.4 is 5.32 Å². The average Bonchev–Trinajstić information content (AvgIpc) is 3.39. The fourth-order valence-corrected chi connectivity index (χ4v) is 4.27. The first-order valence-corrected chi connectivity index (χ1v) is 10.7. The van der Waals surface area contributed by atoms with E-state index in [-0.39, 0.29) is 5.91 Å². The summed E-state index contributed by atoms with van der Waals surface area (Å²) in [6.45, 7) is 1.43. The minimum Gasteiger partial charge on any atom is -0.467 e. The third-order valence-corrected chi connectivity index (χ3v) is 5.90. The molecular formula is C24H30N4O2. The van der Waals surface area contributed by atoms with Crippen molar-refractivity contribution in [2.24, 2.45) is 7.05 Å². The molecule has 1 aliphatic rings. The predicted molar refractivity (Wildman–Crippen MR) is 116 cm³/mol. The van der Waals surface area contributed by atoms with Crippen molar-refractivity contribution in [1.82, 2.24) is 20.0 Å². The molecule has 0 saturated heterocycles. The Hall–Kier alpha value is -2.86. The minimum absolute atomic E-state index is 0.0482. The van der Waals surface area contributed by atoms with Gasteiger partial charge in [0.25, 0.3) is 5.91 Å². The van der Waals surface area contributed by atoms with Gasteiger partial charge in [-0.05, 0) is 56.3 Å². The first kappa shape index (κ1) is 20.4. The maximum Gasteiger partial charge on any atom is 0.274 e. The zero-order valence-corrected chi connectivity index (χ0v) is 17.8. The quantitative estimate of drug-likeness (QED) is 0.583. The van der Waals surface area contributed by atoms with Crippen LogP contribution in [0.25, 0.3) is 0 Å². The van der Waals surface area contributed by atoms with Gasteiger partial charge in [0, 0.05) is 31.4 Å². The molecule has 0 radical (unpaired) electrons. The van der Waals surface area contributed by atoms with E-state index in [1.807, 2.05) is 23.9 Å². The summed E-state index contributed by atoms with van der Waals surface area (Å²) >= 11 is 0. The molecule has 0 unspecified atom stereocenters. The molecule has 2 heterocycles. The number of hydrogen-bond donors (Lipinski definition) is 1. The fourth-order valence-electron chi connectivity index (χ4n) is 4.27. The van der Waals surface area contributed by atoms with Crippen LogP contribution in [0.4, 0.5) is 0 Å². The van der Waals surface area contributed by atoms with Gasteiger partial charge in [0.15, 0.2) is 5.69 Å². The Bertz CT molecular complexity index is 963. The van der Waals surface area contributed by atoms with Gasteiger partial charge in [0.2, 0.25) is 0 Å². The molecule has 6 nitrogen and oxygen atoms in total. The summed E-state index contributed by atoms with van der Waals surface area (Å²) in [6.07, 6.45) is 6.70. The summed E-state index contributed by atoms with van der Waals surface area (Å²) < 4.78 is 7.27. The second kappa shape index (κ2) is 9.30. The van der Waals surface area contributed by atoms with Gasteiger partial charge < -0.3 is 14.6 Å². The highest BCUT2D eigenvalue weighted by Crippen LogP contribution is 2.25. The van der Waals surface area contributed by atoms with Gasteiger partial charge in [-0.3, -0.25) is 9.48 Å². The summed E-state index contributed by atoms with van der Waals surface area (Å²) in [6, 6.07) is 14.7. The Morgan fingerprint density at radius 1 is 1.27 bits per heavy atom. The number of aromatic nitrogens is 2. The van der Waals surface area contributed by atoms with Crippen molar-refractivity contribution < 1.29 is 9.21 Å². The molecule has 1 N–H and O–H groups in total. The van der Waals surface area contributed by atoms with E-state index in [2.05, 4.69) is 40.7 Å². The lowest BCUT2D eigenvalue weighted by molar-refractivity contribution is 0.0767. The molecule has 0 bridgehead atoms. The first-order chi connectivity index (χ1) is 14.6. The highest BCUT2D eigenvalue weighted by atomic mass is 16.3. The number of furan rings is 1. The third-order valence-electron chi connectivity index (χ3n) is 5.90. The molecule has 2 aromatic heterocycles. The zero-order valence-electron chi connectivity index (χ0n) is 17.8. The Morgan fingerprint density at radius 2 is 2.10 bits per heavy atom. The van der Waals surface area contributed by atoms with Crippen molar-refractivity contribution in [1.29, 1.82) is 0 Å². The van der Waals surface area contributed by atoms with Gasteiger partial charge in [0.1, 0.15) is 5.76 Å². The number of carbonyl (C=O) groups is 1. The second-order valence-corrected chi connectivity index (χ2v) is 8.12. The molecule has 1 atom stereocenters. The van der Waals surface area contributed by atoms with Crippen molar-refractivity contribution >= 4 is 5.91 Å². The number of nitrogens with zero attached hydrogens (tertiary/aromatic N) is 3. The van der Waals surface area contributed by atoms with Crippen LogP contribution in [-0.4, -0.2) is 40.2 Å². The number of carbonyl (C=O) groups excluding carboxylic acids is 1. The van der Waals surface area contributed by atoms with E-state index in [0.29, 0.717) is 18.3 Å². The van der Waals surface area contributed by atoms with Crippen molar-refractivity contribution in [2.45, 2.75) is 44.7 Å². The number of benzene rings is 1. The Morgan fingerprint density at radius 3 is 2.87 bits per heavy atom. The molecule has 0 saturated carbocycles. The van der Waals surface area contributed by atoms with Crippen LogP contribution >= 0.6 is 0 Å². The molecule has 158 valence electrons. The number of rotatable bonds is 8. The van der Waals surface area contributed by atoms with E-state index in [1.165, 1.54) is 11.3 Å². The average molecular weight is 407 g/mol. The second-order valence-electron chi connectivity index (χ2n) is 8.12. The largest absolute Gasteiger partial charge is 0.467 e. The monoisotopic (exact) mass is 406 g/mol. The molecule has 1 aromatic carbocycles. The standard InChI is InChI=1S/C24H30N4O2/c1-27(17-20-11-7-15-30-20)24(29)23-21-16-19(12-13-22(21)28(2)26-23)25-14-6-10-18-8-4-3-5-9-18/h3-5,7-9,11,15,19,25H,6,10,12-14,16-17H2,1-2H3/t19-/m0/s1. The van der Waals surface area contributed by atoms with Gasteiger partial charge in [-0.15, -0.1) is 0 Å². The van der Waals surface area contributed by atoms with E-state index in [9.17, 15) is 4.79 Å². The number of aryl methyl sites for hydroxylation is 2. The summed E-state index contributed by atoms with van der Waals surface area (Å²) in [5.41, 5.74) is 4.25. The Balaban J connectivity index is 1.36. The maximum atomic E-state index is 13.1. The van der Waals surface area contributed by atoms with E-state index in [1.54, 1.807) is 18.2 Å². The first-order valence-electron chi connectivity index (χ1n) is 10.7. The lowest BCUT2D eigenvalue weighted by atomic mass is 9.91. The van der Waals surface area contributed by atoms with Crippen LogP contribution in [0, 0.1) is 0 Å². The molecular weight excluding hydrogens is 376 g/mol. The molecule has 0 spiro atoms. The van der Waals surface area contributed by atoms with Crippen molar-refractivity contribution in [3.05, 3.63) is 77.0 Å². The molecule has 1 amide bonds. The summed E-state index contributed by atoms with van der Waals surface area (Å²) in [4.78, 5) is 14.7. The van der Waals surface area contributed by atoms with Crippen LogP contribution in [0.3, 0.4) is 0 Å².